The van der Waals surface area contributed by atoms with E-state index in [1.807, 2.05) is 45.0 Å². The highest BCUT2D eigenvalue weighted by molar-refractivity contribution is 6.03. The molecule has 2 aliphatic heterocycles. The lowest BCUT2D eigenvalue weighted by Gasteiger charge is -2.27. The van der Waals surface area contributed by atoms with Gasteiger partial charge >= 0.3 is 0 Å². The number of rotatable bonds is 3. The van der Waals surface area contributed by atoms with Gasteiger partial charge in [0.05, 0.1) is 11.4 Å². The molecule has 2 aromatic rings. The standard InChI is InChI=1S/C19H21N5O.C2H6/c1-13-20-21-18-10-9-15-16(24(13)18)11-17(19(25)22(2)3)23(15)12-14-7-5-4-6-8-14;1-2/h4-11,18,21H,12H2,1-3H3;1-2H3. The van der Waals surface area contributed by atoms with Crippen LogP contribution in [0.2, 0.25) is 0 Å². The van der Waals surface area contributed by atoms with E-state index in [1.165, 1.54) is 0 Å². The van der Waals surface area contributed by atoms with Gasteiger partial charge in [0.2, 0.25) is 0 Å². The number of nitrogens with one attached hydrogen (secondary N) is 1. The molecule has 2 aliphatic rings. The number of amidine groups is 1. The molecule has 1 atom stereocenters. The predicted octanol–water partition coefficient (Wildman–Crippen LogP) is 3.36. The smallest absolute Gasteiger partial charge is 0.270 e. The van der Waals surface area contributed by atoms with Gasteiger partial charge in [0.1, 0.15) is 17.7 Å². The molecular weight excluding hydrogens is 338 g/mol. The van der Waals surface area contributed by atoms with Crippen molar-refractivity contribution in [2.24, 2.45) is 5.10 Å². The van der Waals surface area contributed by atoms with Gasteiger partial charge in [-0.3, -0.25) is 10.2 Å². The van der Waals surface area contributed by atoms with Crippen LogP contribution in [0.1, 0.15) is 42.5 Å². The zero-order valence-corrected chi connectivity index (χ0v) is 16.6. The highest BCUT2D eigenvalue weighted by Crippen LogP contribution is 2.34. The molecule has 1 amide bonds. The van der Waals surface area contributed by atoms with E-state index < -0.39 is 0 Å². The summed E-state index contributed by atoms with van der Waals surface area (Å²) in [4.78, 5) is 16.5. The number of carbonyl (C=O) groups excluding carboxylic acids is 1. The van der Waals surface area contributed by atoms with E-state index in [0.29, 0.717) is 12.2 Å². The Morgan fingerprint density at radius 2 is 1.93 bits per heavy atom. The van der Waals surface area contributed by atoms with Crippen LogP contribution in [0.3, 0.4) is 0 Å². The zero-order valence-electron chi connectivity index (χ0n) is 16.6. The SMILES string of the molecule is CC.CC1=NNC2C=Cc3c(cc(C(=O)N(C)C)n3Cc3ccccc3)N12. The summed E-state index contributed by atoms with van der Waals surface area (Å²) < 4.78 is 2.09. The van der Waals surface area contributed by atoms with Crippen molar-refractivity contribution >= 4 is 23.5 Å². The molecule has 0 bridgehead atoms. The van der Waals surface area contributed by atoms with E-state index in [0.717, 1.165) is 22.8 Å². The normalized spacial score (nSPS) is 16.6. The van der Waals surface area contributed by atoms with Crippen molar-refractivity contribution in [2.45, 2.75) is 33.5 Å². The summed E-state index contributed by atoms with van der Waals surface area (Å²) in [6.45, 7) is 6.62. The molecule has 142 valence electrons. The van der Waals surface area contributed by atoms with Crippen LogP contribution in [0.15, 0.2) is 47.6 Å². The van der Waals surface area contributed by atoms with Crippen molar-refractivity contribution in [1.82, 2.24) is 14.9 Å². The molecule has 1 aromatic carbocycles. The lowest BCUT2D eigenvalue weighted by molar-refractivity contribution is 0.0817. The molecule has 1 unspecified atom stereocenters. The molecule has 27 heavy (non-hydrogen) atoms. The van der Waals surface area contributed by atoms with E-state index in [4.69, 9.17) is 0 Å². The van der Waals surface area contributed by atoms with Crippen molar-refractivity contribution in [1.29, 1.82) is 0 Å². The highest BCUT2D eigenvalue weighted by atomic mass is 16.2. The fourth-order valence-electron chi connectivity index (χ4n) is 3.37. The van der Waals surface area contributed by atoms with Gasteiger partial charge in [-0.25, -0.2) is 0 Å². The third-order valence-electron chi connectivity index (χ3n) is 4.61. The summed E-state index contributed by atoms with van der Waals surface area (Å²) in [6.07, 6.45) is 4.17. The number of amides is 1. The topological polar surface area (TPSA) is 52.9 Å². The maximum absolute atomic E-state index is 12.8. The molecule has 0 saturated heterocycles. The molecule has 0 saturated carbocycles. The van der Waals surface area contributed by atoms with Gasteiger partial charge in [-0.15, -0.1) is 0 Å². The third kappa shape index (κ3) is 3.35. The van der Waals surface area contributed by atoms with E-state index >= 15 is 0 Å². The van der Waals surface area contributed by atoms with Gasteiger partial charge in [-0.1, -0.05) is 44.2 Å². The van der Waals surface area contributed by atoms with Gasteiger partial charge in [-0.05, 0) is 30.7 Å². The number of benzene rings is 1. The van der Waals surface area contributed by atoms with Crippen LogP contribution in [0.25, 0.3) is 6.08 Å². The lowest BCUT2D eigenvalue weighted by atomic mass is 10.2. The van der Waals surface area contributed by atoms with Crippen LogP contribution in [0, 0.1) is 0 Å². The summed E-state index contributed by atoms with van der Waals surface area (Å²) in [5.74, 6) is 0.897. The van der Waals surface area contributed by atoms with Crippen LogP contribution in [0.4, 0.5) is 5.69 Å². The Balaban J connectivity index is 0.00000102. The maximum atomic E-state index is 12.8. The molecular formula is C21H27N5O. The predicted molar refractivity (Wildman–Crippen MR) is 111 cm³/mol. The minimum Gasteiger partial charge on any atom is -0.343 e. The summed E-state index contributed by atoms with van der Waals surface area (Å²) in [5, 5.41) is 4.32. The van der Waals surface area contributed by atoms with Crippen LogP contribution >= 0.6 is 0 Å². The first kappa shape index (κ1) is 18.8. The fraction of sp³-hybridized carbons (Fsp3) is 0.333. The van der Waals surface area contributed by atoms with Crippen molar-refractivity contribution in [3.05, 3.63) is 59.4 Å². The van der Waals surface area contributed by atoms with Gasteiger partial charge in [0.15, 0.2) is 0 Å². The number of carbonyl (C=O) groups is 1. The average Bonchev–Trinajstić information content (AvgIpc) is 3.24. The average molecular weight is 365 g/mol. The minimum atomic E-state index is -0.00275. The molecule has 6 nitrogen and oxygen atoms in total. The van der Waals surface area contributed by atoms with E-state index in [1.54, 1.807) is 19.0 Å². The molecule has 6 heteroatoms. The molecule has 0 fully saturated rings. The van der Waals surface area contributed by atoms with Gasteiger partial charge in [0.25, 0.3) is 5.91 Å². The fourth-order valence-corrected chi connectivity index (χ4v) is 3.37. The molecule has 3 heterocycles. The number of aromatic nitrogens is 1. The number of anilines is 1. The second kappa shape index (κ2) is 7.70. The second-order valence-electron chi connectivity index (χ2n) is 6.53. The van der Waals surface area contributed by atoms with E-state index in [2.05, 4.69) is 44.3 Å². The first-order valence-corrected chi connectivity index (χ1v) is 9.32. The Morgan fingerprint density at radius 3 is 2.59 bits per heavy atom. The Labute approximate surface area is 160 Å². The van der Waals surface area contributed by atoms with Crippen molar-refractivity contribution in [2.75, 3.05) is 19.0 Å². The van der Waals surface area contributed by atoms with Crippen LogP contribution in [-0.4, -0.2) is 41.5 Å². The summed E-state index contributed by atoms with van der Waals surface area (Å²) in [7, 11) is 3.56. The summed E-state index contributed by atoms with van der Waals surface area (Å²) >= 11 is 0. The monoisotopic (exact) mass is 365 g/mol. The number of fused-ring (bicyclic) bond motifs is 3. The van der Waals surface area contributed by atoms with Crippen molar-refractivity contribution in [3.63, 3.8) is 0 Å². The van der Waals surface area contributed by atoms with E-state index in [9.17, 15) is 4.79 Å². The van der Waals surface area contributed by atoms with Crippen molar-refractivity contribution < 1.29 is 4.79 Å². The minimum absolute atomic E-state index is 0.00275. The first-order valence-electron chi connectivity index (χ1n) is 9.32. The molecule has 0 aliphatic carbocycles. The van der Waals surface area contributed by atoms with Crippen LogP contribution < -0.4 is 10.3 Å². The number of hydrogen-bond acceptors (Lipinski definition) is 4. The Kier molecular flexibility index (Phi) is 5.35. The maximum Gasteiger partial charge on any atom is 0.270 e. The molecule has 4 rings (SSSR count). The first-order chi connectivity index (χ1) is 13.1. The second-order valence-corrected chi connectivity index (χ2v) is 6.53. The number of hydrogen-bond donors (Lipinski definition) is 1. The Morgan fingerprint density at radius 1 is 1.22 bits per heavy atom. The van der Waals surface area contributed by atoms with Gasteiger partial charge in [0, 0.05) is 20.6 Å². The van der Waals surface area contributed by atoms with Gasteiger partial charge in [-0.2, -0.15) is 5.10 Å². The zero-order chi connectivity index (χ0) is 19.6. The number of nitrogens with zero attached hydrogens (tertiary/aromatic N) is 4. The van der Waals surface area contributed by atoms with Crippen LogP contribution in [-0.2, 0) is 6.54 Å². The Hall–Kier alpha value is -3.02. The molecule has 1 aromatic heterocycles. The van der Waals surface area contributed by atoms with Gasteiger partial charge < -0.3 is 14.4 Å². The van der Waals surface area contributed by atoms with Crippen molar-refractivity contribution in [3.8, 4) is 0 Å². The van der Waals surface area contributed by atoms with Crippen LogP contribution in [0.5, 0.6) is 0 Å². The third-order valence-corrected chi connectivity index (χ3v) is 4.61. The summed E-state index contributed by atoms with van der Waals surface area (Å²) in [6, 6.07) is 12.2. The quantitative estimate of drug-likeness (QED) is 0.907. The largest absolute Gasteiger partial charge is 0.343 e. The molecule has 0 radical (unpaired) electrons. The Bertz CT molecular complexity index is 879. The summed E-state index contributed by atoms with van der Waals surface area (Å²) in [5.41, 5.74) is 6.99. The number of hydrazone groups is 1. The lowest BCUT2D eigenvalue weighted by Crippen LogP contribution is -2.39. The molecule has 0 spiro atoms. The van der Waals surface area contributed by atoms with E-state index in [-0.39, 0.29) is 12.1 Å². The molecule has 1 N–H and O–H groups in total. The highest BCUT2D eigenvalue weighted by Gasteiger charge is 2.33.